The van der Waals surface area contributed by atoms with Crippen LogP contribution in [-0.2, 0) is 9.53 Å². The number of rotatable bonds is 2. The monoisotopic (exact) mass is 297 g/mol. The van der Waals surface area contributed by atoms with Gasteiger partial charge < -0.3 is 9.84 Å². The lowest BCUT2D eigenvalue weighted by atomic mass is 9.99. The van der Waals surface area contributed by atoms with Gasteiger partial charge in [-0.05, 0) is 38.6 Å². The number of likely N-dealkylation sites (tertiary alicyclic amines) is 1. The molecule has 2 atom stereocenters. The van der Waals surface area contributed by atoms with Crippen molar-refractivity contribution in [2.24, 2.45) is 5.92 Å². The number of nitrogens with zero attached hydrogens (tertiary/aromatic N) is 1. The van der Waals surface area contributed by atoms with Crippen LogP contribution in [0.3, 0.4) is 0 Å². The number of amides is 1. The van der Waals surface area contributed by atoms with Crippen LogP contribution in [0.5, 0.6) is 0 Å². The molecule has 1 amide bonds. The van der Waals surface area contributed by atoms with E-state index in [-0.39, 0.29) is 0 Å². The second-order valence-electron chi connectivity index (χ2n) is 5.87. The Morgan fingerprint density at radius 3 is 2.65 bits per heavy atom. The fourth-order valence-corrected chi connectivity index (χ4v) is 3.29. The maximum atomic E-state index is 12.3. The van der Waals surface area contributed by atoms with Gasteiger partial charge in [0.2, 0.25) is 0 Å². The van der Waals surface area contributed by atoms with E-state index in [0.29, 0.717) is 13.0 Å². The van der Waals surface area contributed by atoms with Gasteiger partial charge in [0, 0.05) is 11.4 Å². The molecule has 0 bridgehead atoms. The van der Waals surface area contributed by atoms with Crippen LogP contribution in [0.25, 0.3) is 0 Å². The third-order valence-electron chi connectivity index (χ3n) is 3.18. The molecule has 110 valence electrons. The summed E-state index contributed by atoms with van der Waals surface area (Å²) in [5.41, 5.74) is -0.585. The molecule has 0 aromatic carbocycles. The first-order valence-electron chi connectivity index (χ1n) is 6.55. The molecule has 2 heterocycles. The molecular weight excluding hydrogens is 278 g/mol. The van der Waals surface area contributed by atoms with Crippen LogP contribution < -0.4 is 0 Å². The lowest BCUT2D eigenvalue weighted by molar-refractivity contribution is -0.142. The Hall–Kier alpha value is -1.56. The van der Waals surface area contributed by atoms with E-state index in [4.69, 9.17) is 4.74 Å². The number of thiophene rings is 1. The number of carbonyl (C=O) groups excluding carboxylic acids is 1. The summed E-state index contributed by atoms with van der Waals surface area (Å²) in [7, 11) is 0. The molecule has 0 spiro atoms. The minimum atomic E-state index is -0.866. The molecule has 0 unspecified atom stereocenters. The SMILES string of the molecule is CC(C)(C)OC(=O)N1CC[C@@H](C(=O)O)[C@@H]1c1cccs1. The van der Waals surface area contributed by atoms with Gasteiger partial charge in [0.15, 0.2) is 0 Å². The highest BCUT2D eigenvalue weighted by atomic mass is 32.1. The predicted molar refractivity (Wildman–Crippen MR) is 75.7 cm³/mol. The van der Waals surface area contributed by atoms with Crippen molar-refractivity contribution in [2.75, 3.05) is 6.54 Å². The molecule has 1 fully saturated rings. The van der Waals surface area contributed by atoms with Crippen molar-refractivity contribution in [2.45, 2.75) is 38.8 Å². The summed E-state index contributed by atoms with van der Waals surface area (Å²) in [4.78, 5) is 26.1. The molecule has 6 heteroatoms. The zero-order chi connectivity index (χ0) is 14.9. The Balaban J connectivity index is 2.24. The molecule has 2 rings (SSSR count). The van der Waals surface area contributed by atoms with Crippen LogP contribution in [0.2, 0.25) is 0 Å². The van der Waals surface area contributed by atoms with E-state index in [9.17, 15) is 14.7 Å². The number of hydrogen-bond acceptors (Lipinski definition) is 4. The van der Waals surface area contributed by atoms with Crippen LogP contribution in [0.15, 0.2) is 17.5 Å². The van der Waals surface area contributed by atoms with E-state index in [1.807, 2.05) is 17.5 Å². The Labute approximate surface area is 122 Å². The van der Waals surface area contributed by atoms with Crippen LogP contribution in [-0.4, -0.2) is 34.2 Å². The van der Waals surface area contributed by atoms with E-state index in [1.165, 1.54) is 16.2 Å². The molecule has 0 aliphatic carbocycles. The zero-order valence-corrected chi connectivity index (χ0v) is 12.6. The van der Waals surface area contributed by atoms with E-state index in [1.54, 1.807) is 20.8 Å². The highest BCUT2D eigenvalue weighted by Gasteiger charge is 2.44. The van der Waals surface area contributed by atoms with E-state index in [2.05, 4.69) is 0 Å². The average molecular weight is 297 g/mol. The topological polar surface area (TPSA) is 66.8 Å². The number of carboxylic acid groups (broad SMARTS) is 1. The molecule has 0 radical (unpaired) electrons. The van der Waals surface area contributed by atoms with Crippen LogP contribution in [0.4, 0.5) is 4.79 Å². The summed E-state index contributed by atoms with van der Waals surface area (Å²) in [5, 5.41) is 11.2. The molecule has 20 heavy (non-hydrogen) atoms. The zero-order valence-electron chi connectivity index (χ0n) is 11.8. The van der Waals surface area contributed by atoms with Gasteiger partial charge in [-0.15, -0.1) is 11.3 Å². The summed E-state index contributed by atoms with van der Waals surface area (Å²) < 4.78 is 5.38. The summed E-state index contributed by atoms with van der Waals surface area (Å²) in [6.45, 7) is 5.82. The maximum absolute atomic E-state index is 12.3. The first kappa shape index (κ1) is 14.8. The third kappa shape index (κ3) is 3.12. The van der Waals surface area contributed by atoms with Crippen molar-refractivity contribution in [1.29, 1.82) is 0 Å². The van der Waals surface area contributed by atoms with E-state index in [0.717, 1.165) is 4.88 Å². The number of aliphatic carboxylic acids is 1. The van der Waals surface area contributed by atoms with Gasteiger partial charge in [0.1, 0.15) is 5.60 Å². The molecule has 1 aliphatic heterocycles. The lowest BCUT2D eigenvalue weighted by Crippen LogP contribution is -2.37. The van der Waals surface area contributed by atoms with Crippen LogP contribution in [0.1, 0.15) is 38.1 Å². The molecule has 1 aromatic rings. The van der Waals surface area contributed by atoms with Gasteiger partial charge in [-0.2, -0.15) is 0 Å². The molecule has 1 saturated heterocycles. The van der Waals surface area contributed by atoms with Crippen LogP contribution >= 0.6 is 11.3 Å². The fraction of sp³-hybridized carbons (Fsp3) is 0.571. The number of ether oxygens (including phenoxy) is 1. The average Bonchev–Trinajstić information content (AvgIpc) is 2.95. The van der Waals surface area contributed by atoms with Crippen molar-refractivity contribution in [3.63, 3.8) is 0 Å². The molecular formula is C14H19NO4S. The van der Waals surface area contributed by atoms with Gasteiger partial charge in [-0.25, -0.2) is 4.79 Å². The predicted octanol–water partition coefficient (Wildman–Crippen LogP) is 3.13. The second kappa shape index (κ2) is 5.44. The van der Waals surface area contributed by atoms with E-state index < -0.39 is 29.6 Å². The molecule has 1 aliphatic rings. The Morgan fingerprint density at radius 1 is 1.45 bits per heavy atom. The molecule has 1 N–H and O–H groups in total. The summed E-state index contributed by atoms with van der Waals surface area (Å²) in [6.07, 6.45) is 0.0107. The standard InChI is InChI=1S/C14H19NO4S/c1-14(2,3)19-13(18)15-7-6-9(12(16)17)11(15)10-5-4-8-20-10/h4-5,8-9,11H,6-7H2,1-3H3,(H,16,17)/t9-,11-/m1/s1. The summed E-state index contributed by atoms with van der Waals surface area (Å²) >= 11 is 1.47. The highest BCUT2D eigenvalue weighted by Crippen LogP contribution is 2.40. The minimum Gasteiger partial charge on any atom is -0.481 e. The molecule has 5 nitrogen and oxygen atoms in total. The maximum Gasteiger partial charge on any atom is 0.410 e. The lowest BCUT2D eigenvalue weighted by Gasteiger charge is -2.29. The van der Waals surface area contributed by atoms with Crippen molar-refractivity contribution in [1.82, 2.24) is 4.90 Å². The minimum absolute atomic E-state index is 0.411. The van der Waals surface area contributed by atoms with Crippen LogP contribution in [0, 0.1) is 5.92 Å². The molecule has 1 aromatic heterocycles. The van der Waals surface area contributed by atoms with Gasteiger partial charge in [0.25, 0.3) is 0 Å². The first-order chi connectivity index (χ1) is 9.29. The smallest absolute Gasteiger partial charge is 0.410 e. The normalized spacial score (nSPS) is 22.9. The van der Waals surface area contributed by atoms with Crippen molar-refractivity contribution < 1.29 is 19.4 Å². The van der Waals surface area contributed by atoms with Crippen molar-refractivity contribution >= 4 is 23.4 Å². The highest BCUT2D eigenvalue weighted by molar-refractivity contribution is 7.10. The van der Waals surface area contributed by atoms with Gasteiger partial charge in [-0.1, -0.05) is 6.07 Å². The largest absolute Gasteiger partial charge is 0.481 e. The van der Waals surface area contributed by atoms with E-state index >= 15 is 0 Å². The number of carboxylic acids is 1. The number of hydrogen-bond donors (Lipinski definition) is 1. The Morgan fingerprint density at radius 2 is 2.15 bits per heavy atom. The Kier molecular flexibility index (Phi) is 4.04. The van der Waals surface area contributed by atoms with Gasteiger partial charge in [0.05, 0.1) is 12.0 Å². The summed E-state index contributed by atoms with van der Waals surface area (Å²) in [6, 6.07) is 3.31. The van der Waals surface area contributed by atoms with Crippen molar-refractivity contribution in [3.8, 4) is 0 Å². The summed E-state index contributed by atoms with van der Waals surface area (Å²) in [5.74, 6) is -1.43. The quantitative estimate of drug-likeness (QED) is 0.910. The van der Waals surface area contributed by atoms with Gasteiger partial charge in [-0.3, -0.25) is 9.69 Å². The van der Waals surface area contributed by atoms with Gasteiger partial charge >= 0.3 is 12.1 Å². The number of carbonyl (C=O) groups is 2. The molecule has 0 saturated carbocycles. The second-order valence-corrected chi connectivity index (χ2v) is 6.85. The third-order valence-corrected chi connectivity index (χ3v) is 4.12. The first-order valence-corrected chi connectivity index (χ1v) is 7.43. The Bertz CT molecular complexity index is 492. The fourth-order valence-electron chi connectivity index (χ4n) is 2.39. The van der Waals surface area contributed by atoms with Crippen molar-refractivity contribution in [3.05, 3.63) is 22.4 Å².